The summed E-state index contributed by atoms with van der Waals surface area (Å²) in [5, 5.41) is 0. The number of esters is 2. The zero-order chi connectivity index (χ0) is 15.8. The predicted molar refractivity (Wildman–Crippen MR) is 85.0 cm³/mol. The molecule has 0 heterocycles. The summed E-state index contributed by atoms with van der Waals surface area (Å²) >= 11 is 0. The van der Waals surface area contributed by atoms with E-state index in [1.165, 1.54) is 13.2 Å². The van der Waals surface area contributed by atoms with Gasteiger partial charge in [0.15, 0.2) is 11.5 Å². The van der Waals surface area contributed by atoms with E-state index >= 15 is 0 Å². The van der Waals surface area contributed by atoms with Crippen molar-refractivity contribution in [3.8, 4) is 11.5 Å². The molecule has 1 atom stereocenters. The van der Waals surface area contributed by atoms with Gasteiger partial charge in [0.25, 0.3) is 0 Å². The Morgan fingerprint density at radius 2 is 1.82 bits per heavy atom. The minimum atomic E-state index is -0.567. The number of hydrogen-bond acceptors (Lipinski definition) is 5. The molecule has 5 nitrogen and oxygen atoms in total. The van der Waals surface area contributed by atoms with E-state index in [-0.39, 0.29) is 32.2 Å². The molecule has 0 aliphatic rings. The van der Waals surface area contributed by atoms with E-state index in [4.69, 9.17) is 14.2 Å². The maximum atomic E-state index is 11.4. The molecule has 1 aromatic rings. The van der Waals surface area contributed by atoms with Gasteiger partial charge in [-0.1, -0.05) is 33.9 Å². The van der Waals surface area contributed by atoms with Gasteiger partial charge in [-0.25, -0.2) is 0 Å². The SMILES string of the molecule is C.C=CC(OC(=O)CC)c1ccc(OC(=O)CC)c(OC)c1. The van der Waals surface area contributed by atoms with Gasteiger partial charge in [-0.2, -0.15) is 0 Å². The van der Waals surface area contributed by atoms with Crippen molar-refractivity contribution >= 4 is 11.9 Å². The van der Waals surface area contributed by atoms with Crippen LogP contribution in [-0.4, -0.2) is 19.0 Å². The van der Waals surface area contributed by atoms with Gasteiger partial charge in [-0.3, -0.25) is 9.59 Å². The molecular formula is C17H24O5. The maximum absolute atomic E-state index is 11.4. The van der Waals surface area contributed by atoms with Crippen LogP contribution >= 0.6 is 0 Å². The fraction of sp³-hybridized carbons (Fsp3) is 0.412. The van der Waals surface area contributed by atoms with Crippen molar-refractivity contribution in [2.24, 2.45) is 0 Å². The van der Waals surface area contributed by atoms with E-state index in [9.17, 15) is 9.59 Å². The third-order valence-corrected chi connectivity index (χ3v) is 2.79. The zero-order valence-corrected chi connectivity index (χ0v) is 12.5. The molecule has 0 radical (unpaired) electrons. The lowest BCUT2D eigenvalue weighted by Gasteiger charge is -2.16. The van der Waals surface area contributed by atoms with Crippen LogP contribution in [0.4, 0.5) is 0 Å². The topological polar surface area (TPSA) is 61.8 Å². The van der Waals surface area contributed by atoms with Crippen LogP contribution in [0.3, 0.4) is 0 Å². The number of hydrogen-bond donors (Lipinski definition) is 0. The Hall–Kier alpha value is -2.30. The summed E-state index contributed by atoms with van der Waals surface area (Å²) in [6, 6.07) is 4.97. The van der Waals surface area contributed by atoms with Crippen molar-refractivity contribution in [3.05, 3.63) is 36.4 Å². The van der Waals surface area contributed by atoms with Crippen LogP contribution in [0.5, 0.6) is 11.5 Å². The van der Waals surface area contributed by atoms with E-state index in [0.29, 0.717) is 17.1 Å². The number of rotatable bonds is 7. The van der Waals surface area contributed by atoms with Gasteiger partial charge in [-0.05, 0) is 18.2 Å². The highest BCUT2D eigenvalue weighted by Crippen LogP contribution is 2.32. The summed E-state index contributed by atoms with van der Waals surface area (Å²) < 4.78 is 15.6. The fourth-order valence-electron chi connectivity index (χ4n) is 1.62. The summed E-state index contributed by atoms with van der Waals surface area (Å²) in [5.41, 5.74) is 0.694. The van der Waals surface area contributed by atoms with Crippen LogP contribution < -0.4 is 9.47 Å². The van der Waals surface area contributed by atoms with Crippen LogP contribution in [0.1, 0.15) is 45.8 Å². The molecular weight excluding hydrogens is 284 g/mol. The van der Waals surface area contributed by atoms with Gasteiger partial charge >= 0.3 is 11.9 Å². The lowest BCUT2D eigenvalue weighted by molar-refractivity contribution is -0.146. The quantitative estimate of drug-likeness (QED) is 0.435. The molecule has 1 aromatic carbocycles. The average Bonchev–Trinajstić information content (AvgIpc) is 2.52. The first-order valence-corrected chi connectivity index (χ1v) is 6.76. The monoisotopic (exact) mass is 308 g/mol. The summed E-state index contributed by atoms with van der Waals surface area (Å²) in [7, 11) is 1.48. The lowest BCUT2D eigenvalue weighted by atomic mass is 10.1. The van der Waals surface area contributed by atoms with Crippen LogP contribution in [-0.2, 0) is 14.3 Å². The second-order valence-electron chi connectivity index (χ2n) is 4.24. The van der Waals surface area contributed by atoms with Gasteiger partial charge < -0.3 is 14.2 Å². The minimum Gasteiger partial charge on any atom is -0.493 e. The highest BCUT2D eigenvalue weighted by atomic mass is 16.6. The molecule has 0 N–H and O–H groups in total. The third-order valence-electron chi connectivity index (χ3n) is 2.79. The normalized spacial score (nSPS) is 10.9. The standard InChI is InChI=1S/C16H20O5.CH4/c1-5-12(20-15(17)6-2)11-8-9-13(14(10-11)19-4)21-16(18)7-3;/h5,8-10,12H,1,6-7H2,2-4H3;1H4. The predicted octanol–water partition coefficient (Wildman–Crippen LogP) is 3.83. The number of ether oxygens (including phenoxy) is 3. The summed E-state index contributed by atoms with van der Waals surface area (Å²) in [5.74, 6) is 0.0607. The van der Waals surface area contributed by atoms with Gasteiger partial charge in [0, 0.05) is 18.4 Å². The Morgan fingerprint density at radius 3 is 2.32 bits per heavy atom. The number of carbonyl (C=O) groups is 2. The summed E-state index contributed by atoms with van der Waals surface area (Å²) in [6.07, 6.45) is 1.52. The molecule has 0 saturated carbocycles. The van der Waals surface area contributed by atoms with E-state index in [1.807, 2.05) is 0 Å². The van der Waals surface area contributed by atoms with Crippen LogP contribution in [0.15, 0.2) is 30.9 Å². The molecule has 22 heavy (non-hydrogen) atoms. The second kappa shape index (κ2) is 9.60. The van der Waals surface area contributed by atoms with E-state index in [0.717, 1.165) is 0 Å². The largest absolute Gasteiger partial charge is 0.493 e. The first kappa shape index (κ1) is 19.7. The van der Waals surface area contributed by atoms with Gasteiger partial charge in [0.05, 0.1) is 7.11 Å². The Balaban J connectivity index is 0.00000441. The fourth-order valence-corrected chi connectivity index (χ4v) is 1.62. The number of carbonyl (C=O) groups excluding carboxylic acids is 2. The van der Waals surface area contributed by atoms with Crippen molar-refractivity contribution in [2.45, 2.75) is 40.2 Å². The molecule has 0 fully saturated rings. The molecule has 1 unspecified atom stereocenters. The van der Waals surface area contributed by atoms with Crippen molar-refractivity contribution in [1.29, 1.82) is 0 Å². The Bertz CT molecular complexity index is 522. The Kier molecular flexibility index (Phi) is 8.60. The maximum Gasteiger partial charge on any atom is 0.311 e. The van der Waals surface area contributed by atoms with Crippen molar-refractivity contribution in [3.63, 3.8) is 0 Å². The van der Waals surface area contributed by atoms with Gasteiger partial charge in [-0.15, -0.1) is 0 Å². The summed E-state index contributed by atoms with van der Waals surface area (Å²) in [4.78, 5) is 22.7. The molecule has 0 bridgehead atoms. The molecule has 1 rings (SSSR count). The molecule has 122 valence electrons. The molecule has 0 saturated heterocycles. The van der Waals surface area contributed by atoms with Gasteiger partial charge in [0.1, 0.15) is 6.10 Å². The first-order valence-electron chi connectivity index (χ1n) is 6.76. The molecule has 0 amide bonds. The van der Waals surface area contributed by atoms with E-state index in [2.05, 4.69) is 6.58 Å². The highest BCUT2D eigenvalue weighted by molar-refractivity contribution is 5.73. The van der Waals surface area contributed by atoms with Crippen LogP contribution in [0.25, 0.3) is 0 Å². The number of benzene rings is 1. The lowest BCUT2D eigenvalue weighted by Crippen LogP contribution is -2.10. The van der Waals surface area contributed by atoms with Crippen molar-refractivity contribution in [2.75, 3.05) is 7.11 Å². The minimum absolute atomic E-state index is 0. The molecule has 0 aromatic heterocycles. The van der Waals surface area contributed by atoms with E-state index < -0.39 is 6.10 Å². The smallest absolute Gasteiger partial charge is 0.311 e. The zero-order valence-electron chi connectivity index (χ0n) is 12.5. The molecule has 0 spiro atoms. The molecule has 5 heteroatoms. The van der Waals surface area contributed by atoms with Gasteiger partial charge in [0.2, 0.25) is 0 Å². The average molecular weight is 308 g/mol. The number of methoxy groups -OCH3 is 1. The highest BCUT2D eigenvalue weighted by Gasteiger charge is 2.16. The Morgan fingerprint density at radius 1 is 1.18 bits per heavy atom. The molecule has 0 aliphatic carbocycles. The second-order valence-corrected chi connectivity index (χ2v) is 4.24. The third kappa shape index (κ3) is 5.24. The van der Waals surface area contributed by atoms with Crippen LogP contribution in [0.2, 0.25) is 0 Å². The van der Waals surface area contributed by atoms with Crippen molar-refractivity contribution in [1.82, 2.24) is 0 Å². The van der Waals surface area contributed by atoms with Crippen molar-refractivity contribution < 1.29 is 23.8 Å². The first-order chi connectivity index (χ1) is 10.0. The van der Waals surface area contributed by atoms with E-state index in [1.54, 1.807) is 32.0 Å². The molecule has 0 aliphatic heterocycles. The van der Waals surface area contributed by atoms with Crippen LogP contribution in [0, 0.1) is 0 Å². The summed E-state index contributed by atoms with van der Waals surface area (Å²) in [6.45, 7) is 7.09. The Labute approximate surface area is 131 Å².